The molecule has 1 heterocycles. The summed E-state index contributed by atoms with van der Waals surface area (Å²) < 4.78 is 32.1. The van der Waals surface area contributed by atoms with Crippen LogP contribution in [0.1, 0.15) is 21.3 Å². The van der Waals surface area contributed by atoms with Gasteiger partial charge in [-0.15, -0.1) is 11.3 Å². The summed E-state index contributed by atoms with van der Waals surface area (Å²) in [5, 5.41) is 13.5. The van der Waals surface area contributed by atoms with E-state index < -0.39 is 29.4 Å². The molecule has 146 valence electrons. The first kappa shape index (κ1) is 20.1. The van der Waals surface area contributed by atoms with E-state index in [1.807, 2.05) is 6.07 Å². The van der Waals surface area contributed by atoms with Crippen LogP contribution in [0.2, 0.25) is 0 Å². The highest BCUT2D eigenvalue weighted by atomic mass is 32.1. The Balaban J connectivity index is 1.87. The summed E-state index contributed by atoms with van der Waals surface area (Å²) in [7, 11) is 1.21. The quantitative estimate of drug-likeness (QED) is 0.635. The van der Waals surface area contributed by atoms with E-state index in [0.29, 0.717) is 0 Å². The van der Waals surface area contributed by atoms with Crippen LogP contribution in [0.15, 0.2) is 47.8 Å². The van der Waals surface area contributed by atoms with Crippen molar-refractivity contribution in [1.29, 1.82) is 5.26 Å². The number of para-hydroxylation sites is 1. The van der Waals surface area contributed by atoms with Gasteiger partial charge >= 0.3 is 5.97 Å². The van der Waals surface area contributed by atoms with Crippen LogP contribution in [0, 0.1) is 23.0 Å². The Kier molecular flexibility index (Phi) is 5.95. The molecule has 0 aliphatic carbocycles. The van der Waals surface area contributed by atoms with Gasteiger partial charge in [-0.3, -0.25) is 4.79 Å². The van der Waals surface area contributed by atoms with Gasteiger partial charge in [-0.05, 0) is 30.3 Å². The van der Waals surface area contributed by atoms with Crippen molar-refractivity contribution in [1.82, 2.24) is 4.98 Å². The fourth-order valence-electron chi connectivity index (χ4n) is 2.55. The molecule has 1 amide bonds. The fraction of sp³-hybridized carbons (Fsp3) is 0.100. The second-order valence-electron chi connectivity index (χ2n) is 5.78. The summed E-state index contributed by atoms with van der Waals surface area (Å²) in [5.41, 5.74) is 0.352. The standard InChI is InChI=1S/C20H13F2N3O3S/c1-28-20(27)12-4-2-3-5-16(12)24-18(26)14(9-23)19-25-17(10-29-19)13-8-11(21)6-7-15(13)22/h2-8,10,14H,1H3,(H,24,26). The number of benzene rings is 2. The first-order valence-corrected chi connectivity index (χ1v) is 9.11. The van der Waals surface area contributed by atoms with E-state index in [1.165, 1.54) is 24.6 Å². The third-order valence-electron chi connectivity index (χ3n) is 3.95. The zero-order chi connectivity index (χ0) is 21.0. The number of nitrogens with one attached hydrogen (secondary N) is 1. The highest BCUT2D eigenvalue weighted by Gasteiger charge is 2.26. The molecule has 6 nitrogen and oxygen atoms in total. The number of amides is 1. The molecule has 0 aliphatic heterocycles. The lowest BCUT2D eigenvalue weighted by molar-refractivity contribution is -0.116. The molecule has 1 aromatic heterocycles. The first-order chi connectivity index (χ1) is 13.9. The molecule has 0 radical (unpaired) electrons. The number of aromatic nitrogens is 1. The molecule has 29 heavy (non-hydrogen) atoms. The van der Waals surface area contributed by atoms with Crippen LogP contribution in [0.5, 0.6) is 0 Å². The zero-order valence-electron chi connectivity index (χ0n) is 15.0. The summed E-state index contributed by atoms with van der Waals surface area (Å²) >= 11 is 0.970. The van der Waals surface area contributed by atoms with Gasteiger partial charge in [-0.25, -0.2) is 18.6 Å². The van der Waals surface area contributed by atoms with Gasteiger partial charge in [-0.1, -0.05) is 12.1 Å². The van der Waals surface area contributed by atoms with Crippen molar-refractivity contribution in [3.8, 4) is 17.3 Å². The summed E-state index contributed by atoms with van der Waals surface area (Å²) in [5.74, 6) is -3.98. The molecule has 0 saturated carbocycles. The maximum atomic E-state index is 14.0. The summed E-state index contributed by atoms with van der Waals surface area (Å²) in [6.07, 6.45) is 0. The van der Waals surface area contributed by atoms with Gasteiger partial charge in [0, 0.05) is 10.9 Å². The maximum absolute atomic E-state index is 14.0. The van der Waals surface area contributed by atoms with Gasteiger partial charge in [0.05, 0.1) is 30.1 Å². The third kappa shape index (κ3) is 4.28. The Morgan fingerprint density at radius 1 is 1.24 bits per heavy atom. The van der Waals surface area contributed by atoms with Crippen LogP contribution >= 0.6 is 11.3 Å². The van der Waals surface area contributed by atoms with Gasteiger partial charge in [0.15, 0.2) is 5.92 Å². The number of nitrogens with zero attached hydrogens (tertiary/aromatic N) is 2. The number of rotatable bonds is 5. The number of hydrogen-bond donors (Lipinski definition) is 1. The molecule has 0 spiro atoms. The molecule has 1 atom stereocenters. The molecule has 0 saturated heterocycles. The summed E-state index contributed by atoms with van der Waals surface area (Å²) in [6.45, 7) is 0. The van der Waals surface area contributed by atoms with Crippen LogP contribution in [0.3, 0.4) is 0 Å². The normalized spacial score (nSPS) is 11.4. The minimum atomic E-state index is -1.31. The lowest BCUT2D eigenvalue weighted by Gasteiger charge is -2.11. The number of ether oxygens (including phenoxy) is 1. The summed E-state index contributed by atoms with van der Waals surface area (Å²) in [4.78, 5) is 28.6. The van der Waals surface area contributed by atoms with E-state index in [9.17, 15) is 23.6 Å². The topological polar surface area (TPSA) is 92.1 Å². The Labute approximate surface area is 168 Å². The number of carbonyl (C=O) groups excluding carboxylic acids is 2. The second kappa shape index (κ2) is 8.58. The monoisotopic (exact) mass is 413 g/mol. The molecule has 1 N–H and O–H groups in total. The molecule has 3 rings (SSSR count). The van der Waals surface area contributed by atoms with Crippen molar-refractivity contribution < 1.29 is 23.1 Å². The highest BCUT2D eigenvalue weighted by molar-refractivity contribution is 7.10. The number of methoxy groups -OCH3 is 1. The number of nitriles is 1. The van der Waals surface area contributed by atoms with Crippen LogP contribution in [-0.2, 0) is 9.53 Å². The van der Waals surface area contributed by atoms with Crippen LogP contribution in [0.25, 0.3) is 11.3 Å². The predicted molar refractivity (Wildman–Crippen MR) is 102 cm³/mol. The van der Waals surface area contributed by atoms with Crippen molar-refractivity contribution >= 4 is 28.9 Å². The predicted octanol–water partition coefficient (Wildman–Crippen LogP) is 4.12. The first-order valence-electron chi connectivity index (χ1n) is 8.23. The molecule has 2 aromatic carbocycles. The average molecular weight is 413 g/mol. The van der Waals surface area contributed by atoms with E-state index in [-0.39, 0.29) is 27.5 Å². The van der Waals surface area contributed by atoms with Gasteiger partial charge in [0.1, 0.15) is 16.6 Å². The van der Waals surface area contributed by atoms with Crippen molar-refractivity contribution in [2.75, 3.05) is 12.4 Å². The Hall–Kier alpha value is -3.64. The smallest absolute Gasteiger partial charge is 0.339 e. The number of halogens is 2. The lowest BCUT2D eigenvalue weighted by Crippen LogP contribution is -2.21. The minimum Gasteiger partial charge on any atom is -0.465 e. The Morgan fingerprint density at radius 3 is 2.72 bits per heavy atom. The number of carbonyl (C=O) groups is 2. The molecular formula is C20H13F2N3O3S. The number of thiazole rings is 1. The van der Waals surface area contributed by atoms with Gasteiger partial charge in [0.2, 0.25) is 5.91 Å². The largest absolute Gasteiger partial charge is 0.465 e. The second-order valence-corrected chi connectivity index (χ2v) is 6.67. The van der Waals surface area contributed by atoms with E-state index in [4.69, 9.17) is 0 Å². The van der Waals surface area contributed by atoms with E-state index in [0.717, 1.165) is 29.5 Å². The average Bonchev–Trinajstić information content (AvgIpc) is 3.19. The lowest BCUT2D eigenvalue weighted by atomic mass is 10.1. The Bertz CT molecular complexity index is 1120. The van der Waals surface area contributed by atoms with Crippen molar-refractivity contribution in [2.45, 2.75) is 5.92 Å². The Morgan fingerprint density at radius 2 is 2.00 bits per heavy atom. The van der Waals surface area contributed by atoms with E-state index in [2.05, 4.69) is 15.0 Å². The molecule has 1 unspecified atom stereocenters. The van der Waals surface area contributed by atoms with Crippen LogP contribution < -0.4 is 5.32 Å². The van der Waals surface area contributed by atoms with Crippen LogP contribution in [-0.4, -0.2) is 24.0 Å². The summed E-state index contributed by atoms with van der Waals surface area (Å²) in [6, 6.07) is 11.0. The molecule has 0 fully saturated rings. The van der Waals surface area contributed by atoms with Crippen molar-refractivity contribution in [3.05, 3.63) is 70.1 Å². The minimum absolute atomic E-state index is 0.0689. The highest BCUT2D eigenvalue weighted by Crippen LogP contribution is 2.29. The van der Waals surface area contributed by atoms with Gasteiger partial charge in [-0.2, -0.15) is 5.26 Å². The van der Waals surface area contributed by atoms with Gasteiger partial charge in [0.25, 0.3) is 0 Å². The zero-order valence-corrected chi connectivity index (χ0v) is 15.8. The maximum Gasteiger partial charge on any atom is 0.339 e. The molecule has 9 heteroatoms. The number of anilines is 1. The SMILES string of the molecule is COC(=O)c1ccccc1NC(=O)C(C#N)c1nc(-c2cc(F)ccc2F)cs1. The third-order valence-corrected chi connectivity index (χ3v) is 4.86. The molecule has 0 bridgehead atoms. The van der Waals surface area contributed by atoms with E-state index >= 15 is 0 Å². The number of hydrogen-bond acceptors (Lipinski definition) is 6. The molecular weight excluding hydrogens is 400 g/mol. The molecule has 0 aliphatic rings. The van der Waals surface area contributed by atoms with Crippen LogP contribution in [0.4, 0.5) is 14.5 Å². The van der Waals surface area contributed by atoms with Crippen molar-refractivity contribution in [2.24, 2.45) is 0 Å². The molecule has 3 aromatic rings. The number of esters is 1. The van der Waals surface area contributed by atoms with E-state index in [1.54, 1.807) is 12.1 Å². The van der Waals surface area contributed by atoms with Gasteiger partial charge < -0.3 is 10.1 Å². The van der Waals surface area contributed by atoms with Crippen molar-refractivity contribution in [3.63, 3.8) is 0 Å². The fourth-order valence-corrected chi connectivity index (χ4v) is 3.41.